The molecule has 2 fully saturated rings. The Balaban J connectivity index is 0.000000137. The summed E-state index contributed by atoms with van der Waals surface area (Å²) in [4.78, 5) is 32.0. The van der Waals surface area contributed by atoms with E-state index in [0.29, 0.717) is 0 Å². The number of carbonyl (C=O) groups is 2. The number of halogens is 4. The van der Waals surface area contributed by atoms with Gasteiger partial charge in [-0.05, 0) is 24.0 Å². The monoisotopic (exact) mass is 578 g/mol. The normalized spacial score (nSPS) is 30.2. The molecule has 4 heterocycles. The third kappa shape index (κ3) is 4.72. The lowest BCUT2D eigenvalue weighted by molar-refractivity contribution is 0.0938. The molecule has 0 radical (unpaired) electrons. The van der Waals surface area contributed by atoms with E-state index in [0.717, 1.165) is 11.1 Å². The summed E-state index contributed by atoms with van der Waals surface area (Å²) in [6.45, 7) is 0. The van der Waals surface area contributed by atoms with E-state index in [1.807, 2.05) is 60.7 Å². The number of hydrogen-bond acceptors (Lipinski definition) is 6. The maximum Gasteiger partial charge on any atom is 0.218 e. The SMILES string of the molecule is O=C(c1nc2n(n1)[C@H](c1ccccc1)C[C@@H]2F)[C@@H]1C[C@H]1F.O=C(c1nc2n(n1)[C@H](c1ccccc1)C[C@@H]2F)[C@H]1C[C@@H]1F. The highest BCUT2D eigenvalue weighted by atomic mass is 19.1. The quantitative estimate of drug-likeness (QED) is 0.217. The van der Waals surface area contributed by atoms with Crippen LogP contribution in [0.2, 0.25) is 0 Å². The molecule has 8 rings (SSSR count). The van der Waals surface area contributed by atoms with Crippen LogP contribution in [-0.4, -0.2) is 53.4 Å². The molecule has 2 aromatic carbocycles. The molecule has 0 bridgehead atoms. The van der Waals surface area contributed by atoms with Crippen LogP contribution in [0.4, 0.5) is 17.6 Å². The van der Waals surface area contributed by atoms with Crippen molar-refractivity contribution in [1.82, 2.24) is 29.5 Å². The molecule has 0 amide bonds. The van der Waals surface area contributed by atoms with E-state index in [-0.39, 0.29) is 61.1 Å². The minimum Gasteiger partial charge on any atom is -0.290 e. The second-order valence-electron chi connectivity index (χ2n) is 11.2. The van der Waals surface area contributed by atoms with Crippen molar-refractivity contribution >= 4 is 11.6 Å². The number of fused-ring (bicyclic) bond motifs is 2. The van der Waals surface area contributed by atoms with Crippen LogP contribution in [0.3, 0.4) is 0 Å². The molecule has 2 aromatic heterocycles. The first-order chi connectivity index (χ1) is 20.3. The van der Waals surface area contributed by atoms with Gasteiger partial charge in [0.05, 0.1) is 23.9 Å². The zero-order chi connectivity index (χ0) is 29.1. The zero-order valence-electron chi connectivity index (χ0n) is 22.2. The Morgan fingerprint density at radius 1 is 0.595 bits per heavy atom. The van der Waals surface area contributed by atoms with E-state index in [1.165, 1.54) is 9.36 Å². The van der Waals surface area contributed by atoms with E-state index in [1.54, 1.807) is 0 Å². The van der Waals surface area contributed by atoms with Crippen LogP contribution in [0, 0.1) is 11.8 Å². The Morgan fingerprint density at radius 3 is 1.29 bits per heavy atom. The summed E-state index contributed by atoms with van der Waals surface area (Å²) in [5.74, 6) is -1.88. The van der Waals surface area contributed by atoms with E-state index in [2.05, 4.69) is 20.2 Å². The fourth-order valence-corrected chi connectivity index (χ4v) is 5.68. The Morgan fingerprint density at radius 2 is 0.952 bits per heavy atom. The molecule has 12 heteroatoms. The number of alkyl halides is 4. The number of benzene rings is 2. The zero-order valence-corrected chi connectivity index (χ0v) is 22.2. The van der Waals surface area contributed by atoms with Crippen LogP contribution < -0.4 is 0 Å². The van der Waals surface area contributed by atoms with Crippen molar-refractivity contribution in [2.24, 2.45) is 11.8 Å². The maximum atomic E-state index is 14.1. The number of nitrogens with zero attached hydrogens (tertiary/aromatic N) is 6. The van der Waals surface area contributed by atoms with Crippen LogP contribution in [0.25, 0.3) is 0 Å². The Bertz CT molecular complexity index is 1520. The summed E-state index contributed by atoms with van der Waals surface area (Å²) < 4.78 is 57.1. The van der Waals surface area contributed by atoms with Crippen LogP contribution in [0.1, 0.15) is 94.1 Å². The van der Waals surface area contributed by atoms with Gasteiger partial charge in [-0.2, -0.15) is 0 Å². The summed E-state index contributed by atoms with van der Waals surface area (Å²) in [6, 6.07) is 18.3. The van der Waals surface area contributed by atoms with Gasteiger partial charge < -0.3 is 0 Å². The summed E-state index contributed by atoms with van der Waals surface area (Å²) in [5, 5.41) is 8.29. The van der Waals surface area contributed by atoms with Gasteiger partial charge in [-0.3, -0.25) is 9.59 Å². The molecular weight excluding hydrogens is 552 g/mol. The molecular formula is C30H26F4N6O2. The third-order valence-electron chi connectivity index (χ3n) is 8.23. The summed E-state index contributed by atoms with van der Waals surface area (Å²) in [7, 11) is 0. The van der Waals surface area contributed by atoms with Crippen LogP contribution in [-0.2, 0) is 0 Å². The van der Waals surface area contributed by atoms with Gasteiger partial charge in [-0.25, -0.2) is 36.9 Å². The first-order valence-electron chi connectivity index (χ1n) is 14.0. The molecule has 2 aliphatic carbocycles. The van der Waals surface area contributed by atoms with Crippen LogP contribution in [0.15, 0.2) is 60.7 Å². The van der Waals surface area contributed by atoms with E-state index in [9.17, 15) is 27.2 Å². The highest BCUT2D eigenvalue weighted by Crippen LogP contribution is 2.42. The van der Waals surface area contributed by atoms with Crippen molar-refractivity contribution in [3.63, 3.8) is 0 Å². The summed E-state index contributed by atoms with van der Waals surface area (Å²) in [5.41, 5.74) is 1.86. The first-order valence-corrected chi connectivity index (χ1v) is 14.0. The number of rotatable bonds is 6. The van der Waals surface area contributed by atoms with Gasteiger partial charge in [-0.15, -0.1) is 10.2 Å². The number of Topliss-reactive ketones (excluding diaryl/α,β-unsaturated/α-hetero) is 2. The van der Waals surface area contributed by atoms with E-state index < -0.39 is 48.1 Å². The average molecular weight is 579 g/mol. The van der Waals surface area contributed by atoms with Crippen molar-refractivity contribution < 1.29 is 27.2 Å². The van der Waals surface area contributed by atoms with Gasteiger partial charge in [0, 0.05) is 12.8 Å². The fraction of sp³-hybridized carbons (Fsp3) is 0.400. The van der Waals surface area contributed by atoms with Crippen molar-refractivity contribution in [2.75, 3.05) is 0 Å². The molecule has 0 saturated heterocycles. The molecule has 8 atom stereocenters. The summed E-state index contributed by atoms with van der Waals surface area (Å²) >= 11 is 0. The standard InChI is InChI=1S/2C15H13F2N3O/c2*16-10-6-9(10)13(21)14-18-15-11(17)7-12(20(15)19-14)8-4-2-1-3-5-8/h2*1-5,9-12H,6-7H2/t9-,10-,11+,12+;9-,10-,11-,12-/m10/s1. The molecule has 8 nitrogen and oxygen atoms in total. The lowest BCUT2D eigenvalue weighted by atomic mass is 10.0. The molecule has 4 aromatic rings. The summed E-state index contributed by atoms with van der Waals surface area (Å²) in [6.07, 6.45) is -3.70. The molecule has 0 unspecified atom stereocenters. The highest BCUT2D eigenvalue weighted by Gasteiger charge is 2.47. The van der Waals surface area contributed by atoms with Crippen LogP contribution >= 0.6 is 0 Å². The molecule has 216 valence electrons. The van der Waals surface area contributed by atoms with Crippen molar-refractivity contribution in [3.8, 4) is 0 Å². The molecule has 4 aliphatic rings. The van der Waals surface area contributed by atoms with Crippen molar-refractivity contribution in [2.45, 2.75) is 62.5 Å². The highest BCUT2D eigenvalue weighted by molar-refractivity contribution is 5.97. The predicted molar refractivity (Wildman–Crippen MR) is 141 cm³/mol. The Kier molecular flexibility index (Phi) is 6.51. The molecule has 0 N–H and O–H groups in total. The predicted octanol–water partition coefficient (Wildman–Crippen LogP) is 5.65. The van der Waals surface area contributed by atoms with Gasteiger partial charge in [0.2, 0.25) is 23.2 Å². The second kappa shape index (κ2) is 10.2. The molecule has 2 aliphatic heterocycles. The van der Waals surface area contributed by atoms with Gasteiger partial charge in [0.25, 0.3) is 0 Å². The Hall–Kier alpha value is -4.22. The minimum atomic E-state index is -1.25. The largest absolute Gasteiger partial charge is 0.290 e. The average Bonchev–Trinajstić information content (AvgIpc) is 3.63. The Labute approximate surface area is 237 Å². The number of aromatic nitrogens is 6. The topological polar surface area (TPSA) is 95.6 Å². The number of hydrogen-bond donors (Lipinski definition) is 0. The lowest BCUT2D eigenvalue weighted by Gasteiger charge is -2.11. The fourth-order valence-electron chi connectivity index (χ4n) is 5.68. The maximum absolute atomic E-state index is 14.1. The van der Waals surface area contributed by atoms with Crippen molar-refractivity contribution in [1.29, 1.82) is 0 Å². The second-order valence-corrected chi connectivity index (χ2v) is 11.2. The molecule has 2 saturated carbocycles. The number of carbonyl (C=O) groups excluding carboxylic acids is 2. The third-order valence-corrected chi connectivity index (χ3v) is 8.23. The van der Waals surface area contributed by atoms with Crippen LogP contribution in [0.5, 0.6) is 0 Å². The smallest absolute Gasteiger partial charge is 0.218 e. The van der Waals surface area contributed by atoms with Gasteiger partial charge in [0.15, 0.2) is 24.0 Å². The first kappa shape index (κ1) is 26.7. The molecule has 0 spiro atoms. The van der Waals surface area contributed by atoms with Crippen molar-refractivity contribution in [3.05, 3.63) is 95.1 Å². The van der Waals surface area contributed by atoms with Gasteiger partial charge in [-0.1, -0.05) is 60.7 Å². The lowest BCUT2D eigenvalue weighted by Crippen LogP contribution is -2.11. The van der Waals surface area contributed by atoms with Gasteiger partial charge in [0.1, 0.15) is 12.3 Å². The number of ketones is 2. The minimum absolute atomic E-state index is 0.0570. The van der Waals surface area contributed by atoms with E-state index in [4.69, 9.17) is 0 Å². The van der Waals surface area contributed by atoms with E-state index >= 15 is 0 Å². The molecule has 42 heavy (non-hydrogen) atoms. The van der Waals surface area contributed by atoms with Gasteiger partial charge >= 0.3 is 0 Å².